The third-order valence-electron chi connectivity index (χ3n) is 5.27. The predicted molar refractivity (Wildman–Crippen MR) is 133 cm³/mol. The number of benzene rings is 1. The molecule has 0 saturated carbocycles. The highest BCUT2D eigenvalue weighted by molar-refractivity contribution is 6.39. The maximum absolute atomic E-state index is 12.8. The summed E-state index contributed by atoms with van der Waals surface area (Å²) < 4.78 is 0. The molecule has 0 bridgehead atoms. The molecular formula is C24H27ClN6O4. The number of likely N-dealkylation sites (N-methyl/N-ethyl adjacent to an activating group) is 1. The Labute approximate surface area is 208 Å². The lowest BCUT2D eigenvalue weighted by atomic mass is 9.99. The molecule has 1 aliphatic rings. The molecule has 1 aromatic carbocycles. The maximum atomic E-state index is 12.8. The summed E-state index contributed by atoms with van der Waals surface area (Å²) in [5.41, 5.74) is 2.63. The minimum Gasteiger partial charge on any atom is -0.347 e. The van der Waals surface area contributed by atoms with E-state index in [0.29, 0.717) is 10.6 Å². The number of pyridine rings is 1. The van der Waals surface area contributed by atoms with E-state index in [9.17, 15) is 19.2 Å². The molecule has 4 amide bonds. The summed E-state index contributed by atoms with van der Waals surface area (Å²) in [6.45, 7) is 1.44. The lowest BCUT2D eigenvalue weighted by Crippen LogP contribution is -2.53. The van der Waals surface area contributed by atoms with Crippen molar-refractivity contribution in [3.8, 4) is 0 Å². The first-order valence-electron chi connectivity index (χ1n) is 11.0. The number of hydrogen-bond donors (Lipinski definition) is 4. The van der Waals surface area contributed by atoms with Crippen LogP contribution in [0.3, 0.4) is 0 Å². The summed E-state index contributed by atoms with van der Waals surface area (Å²) in [4.78, 5) is 54.9. The number of amides is 4. The van der Waals surface area contributed by atoms with Crippen LogP contribution in [0.1, 0.15) is 22.3 Å². The molecule has 35 heavy (non-hydrogen) atoms. The molecule has 0 radical (unpaired) electrons. The lowest BCUT2D eigenvalue weighted by molar-refractivity contribution is -0.136. The Hall–Kier alpha value is -3.76. The first-order chi connectivity index (χ1) is 16.7. The van der Waals surface area contributed by atoms with Crippen LogP contribution in [0, 0.1) is 0 Å². The average Bonchev–Trinajstić information content (AvgIpc) is 2.87. The van der Waals surface area contributed by atoms with Gasteiger partial charge in [0, 0.05) is 38.9 Å². The number of hydrogen-bond acceptors (Lipinski definition) is 6. The molecule has 4 N–H and O–H groups in total. The van der Waals surface area contributed by atoms with Crippen LogP contribution in [-0.4, -0.2) is 73.3 Å². The predicted octanol–water partition coefficient (Wildman–Crippen LogP) is 1.05. The highest BCUT2D eigenvalue weighted by Gasteiger charge is 2.25. The standard InChI is InChI=1S/C24H27ClN6O4/c1-31(2)24(35)19(14-28-22(33)23(34)30-20-8-7-18(25)13-27-20)29-21(32)17-5-3-15(4-6-17)16-9-11-26-12-10-16/h3-9,13,19,26H,10-12,14H2,1-2H3,(H,28,33)(H,29,32)(H,27,30,34). The Morgan fingerprint density at radius 3 is 2.43 bits per heavy atom. The van der Waals surface area contributed by atoms with Gasteiger partial charge in [0.2, 0.25) is 5.91 Å². The highest BCUT2D eigenvalue weighted by Crippen LogP contribution is 2.20. The van der Waals surface area contributed by atoms with Gasteiger partial charge in [-0.05, 0) is 48.4 Å². The average molecular weight is 499 g/mol. The number of carbonyl (C=O) groups excluding carboxylic acids is 4. The van der Waals surface area contributed by atoms with E-state index in [1.54, 1.807) is 12.1 Å². The van der Waals surface area contributed by atoms with Crippen molar-refractivity contribution in [1.82, 2.24) is 25.8 Å². The number of carbonyl (C=O) groups is 4. The summed E-state index contributed by atoms with van der Waals surface area (Å²) in [5, 5.41) is 11.0. The molecule has 2 heterocycles. The Kier molecular flexibility index (Phi) is 8.93. The van der Waals surface area contributed by atoms with Crippen LogP contribution in [-0.2, 0) is 14.4 Å². The van der Waals surface area contributed by atoms with Gasteiger partial charge in [-0.1, -0.05) is 29.8 Å². The number of nitrogens with one attached hydrogen (secondary N) is 4. The van der Waals surface area contributed by atoms with Crippen molar-refractivity contribution in [3.05, 3.63) is 64.8 Å². The molecule has 1 aromatic heterocycles. The van der Waals surface area contributed by atoms with Crippen molar-refractivity contribution in [2.24, 2.45) is 0 Å². The van der Waals surface area contributed by atoms with Gasteiger partial charge in [-0.3, -0.25) is 19.2 Å². The molecule has 10 nitrogen and oxygen atoms in total. The Morgan fingerprint density at radius 1 is 1.09 bits per heavy atom. The molecule has 11 heteroatoms. The van der Waals surface area contributed by atoms with Crippen molar-refractivity contribution in [2.75, 3.05) is 39.0 Å². The molecule has 3 rings (SSSR count). The minimum absolute atomic E-state index is 0.146. The van der Waals surface area contributed by atoms with E-state index >= 15 is 0 Å². The third kappa shape index (κ3) is 7.36. The highest BCUT2D eigenvalue weighted by atomic mass is 35.5. The monoisotopic (exact) mass is 498 g/mol. The van der Waals surface area contributed by atoms with Gasteiger partial charge in [-0.25, -0.2) is 4.98 Å². The van der Waals surface area contributed by atoms with Crippen LogP contribution in [0.2, 0.25) is 5.02 Å². The molecule has 0 aliphatic carbocycles. The molecule has 0 saturated heterocycles. The van der Waals surface area contributed by atoms with Crippen LogP contribution in [0.5, 0.6) is 0 Å². The molecule has 0 spiro atoms. The van der Waals surface area contributed by atoms with Gasteiger partial charge in [0.25, 0.3) is 5.91 Å². The van der Waals surface area contributed by atoms with Gasteiger partial charge in [0.05, 0.1) is 5.02 Å². The Balaban J connectivity index is 1.61. The summed E-state index contributed by atoms with van der Waals surface area (Å²) in [7, 11) is 3.06. The molecule has 1 aliphatic heterocycles. The minimum atomic E-state index is -1.07. The zero-order valence-electron chi connectivity index (χ0n) is 19.4. The first-order valence-corrected chi connectivity index (χ1v) is 11.4. The van der Waals surface area contributed by atoms with Crippen molar-refractivity contribution in [2.45, 2.75) is 12.5 Å². The zero-order valence-corrected chi connectivity index (χ0v) is 20.2. The Bertz CT molecular complexity index is 1120. The summed E-state index contributed by atoms with van der Waals surface area (Å²) in [6.07, 6.45) is 4.35. The molecule has 1 unspecified atom stereocenters. The van der Waals surface area contributed by atoms with Crippen LogP contribution in [0.15, 0.2) is 48.7 Å². The van der Waals surface area contributed by atoms with E-state index in [1.165, 1.54) is 42.9 Å². The number of nitrogens with zero attached hydrogens (tertiary/aromatic N) is 2. The fourth-order valence-corrected chi connectivity index (χ4v) is 3.48. The van der Waals surface area contributed by atoms with E-state index < -0.39 is 29.7 Å². The second-order valence-electron chi connectivity index (χ2n) is 8.05. The quantitative estimate of drug-likeness (QED) is 0.422. The number of anilines is 1. The van der Waals surface area contributed by atoms with Crippen LogP contribution in [0.4, 0.5) is 5.82 Å². The van der Waals surface area contributed by atoms with E-state index in [-0.39, 0.29) is 12.4 Å². The zero-order chi connectivity index (χ0) is 25.4. The van der Waals surface area contributed by atoms with Gasteiger partial charge in [0.1, 0.15) is 11.9 Å². The maximum Gasteiger partial charge on any atom is 0.314 e. The second kappa shape index (κ2) is 12.1. The SMILES string of the molecule is CN(C)C(=O)C(CNC(=O)C(=O)Nc1ccc(Cl)cn1)NC(=O)c1ccc(C2=CCNCC2)cc1. The summed E-state index contributed by atoms with van der Waals surface area (Å²) in [5.74, 6) is -2.71. The fourth-order valence-electron chi connectivity index (χ4n) is 3.37. The lowest BCUT2D eigenvalue weighted by Gasteiger charge is -2.22. The third-order valence-corrected chi connectivity index (χ3v) is 5.49. The van der Waals surface area contributed by atoms with Crippen molar-refractivity contribution in [1.29, 1.82) is 0 Å². The van der Waals surface area contributed by atoms with Crippen molar-refractivity contribution < 1.29 is 19.2 Å². The van der Waals surface area contributed by atoms with E-state index in [0.717, 1.165) is 25.1 Å². The van der Waals surface area contributed by atoms with Gasteiger partial charge < -0.3 is 26.2 Å². The molecule has 2 aromatic rings. The number of halogens is 1. The smallest absolute Gasteiger partial charge is 0.314 e. The molecule has 0 fully saturated rings. The van der Waals surface area contributed by atoms with E-state index in [2.05, 4.69) is 32.3 Å². The van der Waals surface area contributed by atoms with Crippen molar-refractivity contribution >= 4 is 46.6 Å². The van der Waals surface area contributed by atoms with Gasteiger partial charge in [0.15, 0.2) is 0 Å². The van der Waals surface area contributed by atoms with E-state index in [4.69, 9.17) is 11.6 Å². The van der Waals surface area contributed by atoms with Crippen LogP contribution in [0.25, 0.3) is 5.57 Å². The molecule has 1 atom stereocenters. The normalized spacial score (nSPS) is 13.7. The summed E-state index contributed by atoms with van der Waals surface area (Å²) >= 11 is 5.75. The fraction of sp³-hybridized carbons (Fsp3) is 0.292. The largest absolute Gasteiger partial charge is 0.347 e. The van der Waals surface area contributed by atoms with Gasteiger partial charge in [-0.2, -0.15) is 0 Å². The van der Waals surface area contributed by atoms with Crippen LogP contribution >= 0.6 is 11.6 Å². The molecular weight excluding hydrogens is 472 g/mol. The summed E-state index contributed by atoms with van der Waals surface area (Å²) in [6, 6.07) is 9.00. The first kappa shape index (κ1) is 25.9. The van der Waals surface area contributed by atoms with Crippen molar-refractivity contribution in [3.63, 3.8) is 0 Å². The number of aromatic nitrogens is 1. The van der Waals surface area contributed by atoms with Crippen LogP contribution < -0.4 is 21.3 Å². The second-order valence-corrected chi connectivity index (χ2v) is 8.48. The van der Waals surface area contributed by atoms with Gasteiger partial charge in [-0.15, -0.1) is 0 Å². The Morgan fingerprint density at radius 2 is 1.83 bits per heavy atom. The molecule has 184 valence electrons. The van der Waals surface area contributed by atoms with E-state index in [1.807, 2.05) is 12.1 Å². The van der Waals surface area contributed by atoms with Gasteiger partial charge >= 0.3 is 11.8 Å². The number of rotatable bonds is 7. The topological polar surface area (TPSA) is 133 Å².